The van der Waals surface area contributed by atoms with Crippen molar-refractivity contribution in [1.29, 1.82) is 0 Å². The van der Waals surface area contributed by atoms with Gasteiger partial charge in [-0.3, -0.25) is 4.99 Å². The molecule has 0 saturated heterocycles. The van der Waals surface area contributed by atoms with Crippen molar-refractivity contribution < 1.29 is 0 Å². The van der Waals surface area contributed by atoms with Gasteiger partial charge in [0.15, 0.2) is 0 Å². The monoisotopic (exact) mass is 235 g/mol. The molecule has 18 heavy (non-hydrogen) atoms. The first kappa shape index (κ1) is 10.8. The van der Waals surface area contributed by atoms with Crippen LogP contribution < -0.4 is 0 Å². The Morgan fingerprint density at radius 3 is 2.61 bits per heavy atom. The van der Waals surface area contributed by atoms with E-state index in [1.165, 1.54) is 5.56 Å². The second-order valence-electron chi connectivity index (χ2n) is 4.33. The minimum absolute atomic E-state index is 0.0532. The fourth-order valence-electron chi connectivity index (χ4n) is 1.92. The maximum Gasteiger partial charge on any atom is 0.133 e. The molecule has 0 spiro atoms. The van der Waals surface area contributed by atoms with Crippen LogP contribution in [0.1, 0.15) is 17.2 Å². The first-order valence-corrected chi connectivity index (χ1v) is 5.93. The van der Waals surface area contributed by atoms with Crippen molar-refractivity contribution >= 4 is 17.6 Å². The van der Waals surface area contributed by atoms with E-state index >= 15 is 0 Å². The van der Waals surface area contributed by atoms with E-state index in [0.29, 0.717) is 0 Å². The van der Waals surface area contributed by atoms with Crippen LogP contribution in [-0.2, 0) is 0 Å². The van der Waals surface area contributed by atoms with Gasteiger partial charge in [0.25, 0.3) is 0 Å². The summed E-state index contributed by atoms with van der Waals surface area (Å²) in [5.74, 6) is 0. The van der Waals surface area contributed by atoms with Gasteiger partial charge in [0.1, 0.15) is 6.04 Å². The number of nitrogens with zero attached hydrogens (tertiary/aromatic N) is 3. The zero-order chi connectivity index (χ0) is 12.4. The second kappa shape index (κ2) is 4.53. The lowest BCUT2D eigenvalue weighted by Gasteiger charge is -2.01. The Morgan fingerprint density at radius 1 is 1.00 bits per heavy atom. The van der Waals surface area contributed by atoms with Gasteiger partial charge in [-0.15, -0.1) is 0 Å². The molecular formula is C15H13N3. The number of hydrogen-bond donors (Lipinski definition) is 0. The van der Waals surface area contributed by atoms with Crippen LogP contribution in [0.15, 0.2) is 63.8 Å². The van der Waals surface area contributed by atoms with Crippen molar-refractivity contribution in [2.24, 2.45) is 15.2 Å². The SMILES string of the molecule is Cc1ccc(N=NC2C=Nc3ccccc32)cc1. The van der Waals surface area contributed by atoms with E-state index in [9.17, 15) is 0 Å². The summed E-state index contributed by atoms with van der Waals surface area (Å²) >= 11 is 0. The predicted octanol–water partition coefficient (Wildman–Crippen LogP) is 4.54. The number of aliphatic imine (C=N–C) groups is 1. The third-order valence-corrected chi connectivity index (χ3v) is 2.94. The van der Waals surface area contributed by atoms with Gasteiger partial charge < -0.3 is 0 Å². The second-order valence-corrected chi connectivity index (χ2v) is 4.33. The average molecular weight is 235 g/mol. The molecule has 0 fully saturated rings. The van der Waals surface area contributed by atoms with Crippen LogP contribution in [0.5, 0.6) is 0 Å². The first-order chi connectivity index (χ1) is 8.83. The fourth-order valence-corrected chi connectivity index (χ4v) is 1.92. The number of para-hydroxylation sites is 1. The maximum absolute atomic E-state index is 4.34. The van der Waals surface area contributed by atoms with E-state index in [0.717, 1.165) is 16.9 Å². The molecule has 0 amide bonds. The van der Waals surface area contributed by atoms with Crippen LogP contribution in [0.2, 0.25) is 0 Å². The summed E-state index contributed by atoms with van der Waals surface area (Å²) in [6.07, 6.45) is 1.84. The molecule has 0 aliphatic carbocycles. The first-order valence-electron chi connectivity index (χ1n) is 5.93. The van der Waals surface area contributed by atoms with E-state index in [1.807, 2.05) is 54.7 Å². The Balaban J connectivity index is 1.82. The summed E-state index contributed by atoms with van der Waals surface area (Å²) in [5.41, 5.74) is 4.21. The molecule has 0 saturated carbocycles. The average Bonchev–Trinajstić information content (AvgIpc) is 2.82. The van der Waals surface area contributed by atoms with Crippen molar-refractivity contribution in [2.75, 3.05) is 0 Å². The van der Waals surface area contributed by atoms with Crippen LogP contribution in [0.4, 0.5) is 11.4 Å². The van der Waals surface area contributed by atoms with E-state index < -0.39 is 0 Å². The van der Waals surface area contributed by atoms with Crippen molar-refractivity contribution in [1.82, 2.24) is 0 Å². The lowest BCUT2D eigenvalue weighted by molar-refractivity contribution is 0.912. The van der Waals surface area contributed by atoms with Crippen molar-refractivity contribution in [3.63, 3.8) is 0 Å². The van der Waals surface area contributed by atoms with Crippen LogP contribution >= 0.6 is 0 Å². The number of hydrogen-bond acceptors (Lipinski definition) is 3. The highest BCUT2D eigenvalue weighted by molar-refractivity contribution is 5.80. The standard InChI is InChI=1S/C15H13N3/c1-11-6-8-12(9-7-11)17-18-15-10-16-14-5-3-2-4-13(14)15/h2-10,15H,1H3. The molecule has 1 unspecified atom stereocenters. The molecule has 0 bridgehead atoms. The number of rotatable bonds is 2. The number of aryl methyl sites for hydroxylation is 1. The molecule has 0 aromatic heterocycles. The summed E-state index contributed by atoms with van der Waals surface area (Å²) in [4.78, 5) is 4.33. The van der Waals surface area contributed by atoms with E-state index in [2.05, 4.69) is 22.1 Å². The molecule has 1 heterocycles. The Bertz CT molecular complexity index is 612. The van der Waals surface area contributed by atoms with Gasteiger partial charge in [-0.2, -0.15) is 10.2 Å². The Kier molecular flexibility index (Phi) is 2.73. The highest BCUT2D eigenvalue weighted by Crippen LogP contribution is 2.33. The lowest BCUT2D eigenvalue weighted by Crippen LogP contribution is -1.89. The summed E-state index contributed by atoms with van der Waals surface area (Å²) < 4.78 is 0. The molecule has 2 aromatic rings. The third kappa shape index (κ3) is 2.07. The number of benzene rings is 2. The number of fused-ring (bicyclic) bond motifs is 1. The molecule has 2 aromatic carbocycles. The van der Waals surface area contributed by atoms with Gasteiger partial charge in [-0.25, -0.2) is 0 Å². The van der Waals surface area contributed by atoms with Gasteiger partial charge in [0.05, 0.1) is 11.4 Å². The summed E-state index contributed by atoms with van der Waals surface area (Å²) in [6, 6.07) is 16.0. The fraction of sp³-hybridized carbons (Fsp3) is 0.133. The molecule has 0 N–H and O–H groups in total. The summed E-state index contributed by atoms with van der Waals surface area (Å²) in [7, 11) is 0. The largest absolute Gasteiger partial charge is 0.258 e. The predicted molar refractivity (Wildman–Crippen MR) is 73.0 cm³/mol. The van der Waals surface area contributed by atoms with Crippen LogP contribution in [-0.4, -0.2) is 6.21 Å². The Labute approximate surface area is 106 Å². The van der Waals surface area contributed by atoms with Gasteiger partial charge in [0, 0.05) is 11.8 Å². The molecule has 1 aliphatic heterocycles. The quantitative estimate of drug-likeness (QED) is 0.685. The maximum atomic E-state index is 4.34. The van der Waals surface area contributed by atoms with Crippen molar-refractivity contribution in [2.45, 2.75) is 13.0 Å². The number of azo groups is 1. The smallest absolute Gasteiger partial charge is 0.133 e. The molecule has 1 aliphatic rings. The topological polar surface area (TPSA) is 37.1 Å². The van der Waals surface area contributed by atoms with Gasteiger partial charge in [-0.05, 0) is 25.1 Å². The van der Waals surface area contributed by atoms with Gasteiger partial charge in [0.2, 0.25) is 0 Å². The molecule has 3 rings (SSSR count). The van der Waals surface area contributed by atoms with Crippen molar-refractivity contribution in [3.8, 4) is 0 Å². The Morgan fingerprint density at radius 2 is 1.78 bits per heavy atom. The lowest BCUT2D eigenvalue weighted by atomic mass is 10.1. The molecule has 3 heteroatoms. The minimum Gasteiger partial charge on any atom is -0.258 e. The van der Waals surface area contributed by atoms with Crippen LogP contribution in [0.3, 0.4) is 0 Å². The zero-order valence-electron chi connectivity index (χ0n) is 10.1. The van der Waals surface area contributed by atoms with Crippen LogP contribution in [0.25, 0.3) is 0 Å². The zero-order valence-corrected chi connectivity index (χ0v) is 10.1. The summed E-state index contributed by atoms with van der Waals surface area (Å²) in [5, 5.41) is 8.60. The molecular weight excluding hydrogens is 222 g/mol. The van der Waals surface area contributed by atoms with E-state index in [1.54, 1.807) is 0 Å². The van der Waals surface area contributed by atoms with Gasteiger partial charge >= 0.3 is 0 Å². The third-order valence-electron chi connectivity index (χ3n) is 2.94. The highest BCUT2D eigenvalue weighted by atomic mass is 15.1. The molecule has 3 nitrogen and oxygen atoms in total. The molecule has 1 atom stereocenters. The van der Waals surface area contributed by atoms with E-state index in [-0.39, 0.29) is 6.04 Å². The van der Waals surface area contributed by atoms with E-state index in [4.69, 9.17) is 0 Å². The minimum atomic E-state index is -0.0532. The highest BCUT2D eigenvalue weighted by Gasteiger charge is 2.16. The Hall–Kier alpha value is -2.29. The van der Waals surface area contributed by atoms with Crippen LogP contribution in [0, 0.1) is 6.92 Å². The summed E-state index contributed by atoms with van der Waals surface area (Å²) in [6.45, 7) is 2.06. The normalized spacial score (nSPS) is 17.3. The molecule has 88 valence electrons. The van der Waals surface area contributed by atoms with Gasteiger partial charge in [-0.1, -0.05) is 35.9 Å². The van der Waals surface area contributed by atoms with Crippen molar-refractivity contribution in [3.05, 3.63) is 59.7 Å². The molecule has 0 radical (unpaired) electrons.